The second-order valence-corrected chi connectivity index (χ2v) is 7.15. The number of benzene rings is 1. The summed E-state index contributed by atoms with van der Waals surface area (Å²) in [7, 11) is -4.49. The van der Waals surface area contributed by atoms with Crippen molar-refractivity contribution in [2.45, 2.75) is 10.9 Å². The van der Waals surface area contributed by atoms with Gasteiger partial charge >= 0.3 is 0 Å². The monoisotopic (exact) mass is 393 g/mol. The SMILES string of the molecule is Cl.O=S(=O)(c1c(F)cc(F)cc1F)N1CCNCC1c1cccnc1. The van der Waals surface area contributed by atoms with Crippen molar-refractivity contribution in [2.24, 2.45) is 0 Å². The first-order valence-electron chi connectivity index (χ1n) is 7.18. The smallest absolute Gasteiger partial charge is 0.249 e. The number of halogens is 4. The highest BCUT2D eigenvalue weighted by Gasteiger charge is 2.38. The first-order valence-corrected chi connectivity index (χ1v) is 8.62. The Morgan fingerprint density at radius 2 is 1.88 bits per heavy atom. The Kier molecular flexibility index (Phi) is 6.04. The summed E-state index contributed by atoms with van der Waals surface area (Å²) >= 11 is 0. The second-order valence-electron chi connectivity index (χ2n) is 5.32. The first-order chi connectivity index (χ1) is 11.4. The number of rotatable bonds is 3. The van der Waals surface area contributed by atoms with Gasteiger partial charge in [0.25, 0.3) is 0 Å². The Bertz CT molecular complexity index is 829. The molecule has 25 heavy (non-hydrogen) atoms. The molecule has 2 aromatic rings. The molecule has 0 spiro atoms. The molecule has 1 aromatic heterocycles. The molecule has 1 atom stereocenters. The van der Waals surface area contributed by atoms with Gasteiger partial charge in [0.1, 0.15) is 17.5 Å². The van der Waals surface area contributed by atoms with E-state index in [1.165, 1.54) is 12.4 Å². The van der Waals surface area contributed by atoms with Crippen molar-refractivity contribution in [1.82, 2.24) is 14.6 Å². The van der Waals surface area contributed by atoms with Crippen LogP contribution >= 0.6 is 12.4 Å². The number of pyridine rings is 1. The number of nitrogens with one attached hydrogen (secondary N) is 1. The summed E-state index contributed by atoms with van der Waals surface area (Å²) < 4.78 is 67.6. The third kappa shape index (κ3) is 3.79. The summed E-state index contributed by atoms with van der Waals surface area (Å²) in [4.78, 5) is 2.81. The molecule has 2 heterocycles. The molecule has 3 rings (SSSR count). The van der Waals surface area contributed by atoms with Crippen LogP contribution in [0.2, 0.25) is 0 Å². The highest BCUT2D eigenvalue weighted by atomic mass is 35.5. The largest absolute Gasteiger partial charge is 0.313 e. The van der Waals surface area contributed by atoms with Gasteiger partial charge in [0.15, 0.2) is 4.90 Å². The molecule has 0 saturated carbocycles. The Morgan fingerprint density at radius 1 is 1.20 bits per heavy atom. The summed E-state index contributed by atoms with van der Waals surface area (Å²) in [5.74, 6) is -4.07. The summed E-state index contributed by atoms with van der Waals surface area (Å²) in [5.41, 5.74) is 0.594. The Morgan fingerprint density at radius 3 is 2.48 bits per heavy atom. The fourth-order valence-corrected chi connectivity index (χ4v) is 4.43. The highest BCUT2D eigenvalue weighted by Crippen LogP contribution is 2.31. The van der Waals surface area contributed by atoms with Crippen LogP contribution in [-0.2, 0) is 10.0 Å². The van der Waals surface area contributed by atoms with Gasteiger partial charge in [0.05, 0.1) is 6.04 Å². The molecular weight excluding hydrogens is 379 g/mol. The van der Waals surface area contributed by atoms with Crippen molar-refractivity contribution in [3.05, 3.63) is 59.7 Å². The van der Waals surface area contributed by atoms with Crippen LogP contribution in [-0.4, -0.2) is 37.3 Å². The molecule has 1 unspecified atom stereocenters. The van der Waals surface area contributed by atoms with E-state index < -0.39 is 38.4 Å². The van der Waals surface area contributed by atoms with E-state index in [9.17, 15) is 21.6 Å². The number of piperazine rings is 1. The lowest BCUT2D eigenvalue weighted by Crippen LogP contribution is -2.48. The average Bonchev–Trinajstić information content (AvgIpc) is 2.54. The van der Waals surface area contributed by atoms with E-state index in [0.717, 1.165) is 4.31 Å². The molecule has 0 amide bonds. The Balaban J connectivity index is 0.00000225. The molecule has 10 heteroatoms. The van der Waals surface area contributed by atoms with Gasteiger partial charge in [0.2, 0.25) is 10.0 Å². The van der Waals surface area contributed by atoms with Crippen LogP contribution in [0.1, 0.15) is 11.6 Å². The minimum Gasteiger partial charge on any atom is -0.313 e. The minimum absolute atomic E-state index is 0. The van der Waals surface area contributed by atoms with Gasteiger partial charge in [-0.2, -0.15) is 4.31 Å². The van der Waals surface area contributed by atoms with Crippen molar-refractivity contribution in [3.63, 3.8) is 0 Å². The Hall–Kier alpha value is -1.68. The summed E-state index contributed by atoms with van der Waals surface area (Å²) in [6.07, 6.45) is 3.04. The lowest BCUT2D eigenvalue weighted by molar-refractivity contribution is 0.269. The number of nitrogens with zero attached hydrogens (tertiary/aromatic N) is 2. The Labute approximate surface area is 149 Å². The molecule has 1 aromatic carbocycles. The third-order valence-corrected chi connectivity index (χ3v) is 5.75. The van der Waals surface area contributed by atoms with Gasteiger partial charge in [-0.3, -0.25) is 4.98 Å². The topological polar surface area (TPSA) is 62.3 Å². The van der Waals surface area contributed by atoms with Crippen molar-refractivity contribution in [1.29, 1.82) is 0 Å². The molecule has 0 aliphatic carbocycles. The predicted octanol–water partition coefficient (Wildman–Crippen LogP) is 2.26. The minimum atomic E-state index is -4.49. The summed E-state index contributed by atoms with van der Waals surface area (Å²) in [6.45, 7) is 0.633. The highest BCUT2D eigenvalue weighted by molar-refractivity contribution is 7.89. The van der Waals surface area contributed by atoms with Gasteiger partial charge in [-0.05, 0) is 11.6 Å². The number of aromatic nitrogens is 1. The molecule has 1 aliphatic rings. The first kappa shape index (κ1) is 19.6. The second kappa shape index (κ2) is 7.69. The molecule has 1 N–H and O–H groups in total. The van der Waals surface area contributed by atoms with E-state index >= 15 is 0 Å². The maximum Gasteiger partial charge on any atom is 0.249 e. The van der Waals surface area contributed by atoms with Gasteiger partial charge < -0.3 is 5.32 Å². The quantitative estimate of drug-likeness (QED) is 0.869. The summed E-state index contributed by atoms with van der Waals surface area (Å²) in [6, 6.07) is 3.38. The van der Waals surface area contributed by atoms with Gasteiger partial charge in [-0.15, -0.1) is 12.4 Å². The van der Waals surface area contributed by atoms with Crippen molar-refractivity contribution >= 4 is 22.4 Å². The zero-order valence-corrected chi connectivity index (χ0v) is 14.5. The molecule has 5 nitrogen and oxygen atoms in total. The van der Waals surface area contributed by atoms with E-state index in [-0.39, 0.29) is 25.5 Å². The van der Waals surface area contributed by atoms with Crippen LogP contribution in [0.3, 0.4) is 0 Å². The van der Waals surface area contributed by atoms with E-state index in [2.05, 4.69) is 10.3 Å². The van der Waals surface area contributed by atoms with Crippen LogP contribution in [0.4, 0.5) is 13.2 Å². The maximum atomic E-state index is 14.0. The van der Waals surface area contributed by atoms with Gasteiger partial charge in [0, 0.05) is 44.2 Å². The average molecular weight is 394 g/mol. The fourth-order valence-electron chi connectivity index (χ4n) is 2.72. The van der Waals surface area contributed by atoms with E-state index in [1.807, 2.05) is 0 Å². The van der Waals surface area contributed by atoms with Crippen molar-refractivity contribution in [3.8, 4) is 0 Å². The number of hydrogen-bond donors (Lipinski definition) is 1. The normalized spacial score (nSPS) is 18.6. The van der Waals surface area contributed by atoms with E-state index in [1.54, 1.807) is 12.1 Å². The van der Waals surface area contributed by atoms with E-state index in [4.69, 9.17) is 0 Å². The van der Waals surface area contributed by atoms with E-state index in [0.29, 0.717) is 24.2 Å². The van der Waals surface area contributed by atoms with Crippen LogP contribution < -0.4 is 5.32 Å². The van der Waals surface area contributed by atoms with Gasteiger partial charge in [-0.1, -0.05) is 6.07 Å². The van der Waals surface area contributed by atoms with Crippen LogP contribution in [0, 0.1) is 17.5 Å². The van der Waals surface area contributed by atoms with Gasteiger partial charge in [-0.25, -0.2) is 21.6 Å². The molecule has 0 bridgehead atoms. The molecule has 1 saturated heterocycles. The molecule has 1 aliphatic heterocycles. The zero-order chi connectivity index (χ0) is 17.3. The molecule has 1 fully saturated rings. The lowest BCUT2D eigenvalue weighted by atomic mass is 10.1. The molecule has 0 radical (unpaired) electrons. The van der Waals surface area contributed by atoms with Crippen molar-refractivity contribution < 1.29 is 21.6 Å². The maximum absolute atomic E-state index is 14.0. The summed E-state index contributed by atoms with van der Waals surface area (Å²) in [5, 5.41) is 3.04. The zero-order valence-electron chi connectivity index (χ0n) is 12.8. The standard InChI is InChI=1S/C15H14F3N3O2S.ClH/c16-11-6-12(17)15(13(18)7-11)24(22,23)21-5-4-20-9-14(21)10-2-1-3-19-8-10;/h1-3,6-8,14,20H,4-5,9H2;1H. The third-order valence-electron chi connectivity index (χ3n) is 3.79. The molecular formula is C15H15ClF3N3O2S. The number of sulfonamides is 1. The van der Waals surface area contributed by atoms with Crippen molar-refractivity contribution in [2.75, 3.05) is 19.6 Å². The van der Waals surface area contributed by atoms with Crippen LogP contribution in [0.15, 0.2) is 41.6 Å². The van der Waals surface area contributed by atoms with Crippen LogP contribution in [0.25, 0.3) is 0 Å². The lowest BCUT2D eigenvalue weighted by Gasteiger charge is -2.35. The predicted molar refractivity (Wildman–Crippen MR) is 87.3 cm³/mol. The molecule has 136 valence electrons. The fraction of sp³-hybridized carbons (Fsp3) is 0.267. The number of hydrogen-bond acceptors (Lipinski definition) is 4. The van der Waals surface area contributed by atoms with Crippen LogP contribution in [0.5, 0.6) is 0 Å².